The Hall–Kier alpha value is -2.52. The van der Waals surface area contributed by atoms with Crippen LogP contribution in [0.2, 0.25) is 5.02 Å². The monoisotopic (exact) mass is 670 g/mol. The Morgan fingerprint density at radius 2 is 1.82 bits per heavy atom. The zero-order chi connectivity index (χ0) is 32.6. The van der Waals surface area contributed by atoms with Gasteiger partial charge in [0.2, 0.25) is 10.0 Å². The van der Waals surface area contributed by atoms with E-state index in [1.165, 1.54) is 18.2 Å². The van der Waals surface area contributed by atoms with E-state index in [9.17, 15) is 13.2 Å². The number of benzene rings is 2. The van der Waals surface area contributed by atoms with Crippen LogP contribution in [0, 0.1) is 5.82 Å². The summed E-state index contributed by atoms with van der Waals surface area (Å²) >= 11 is 6.26. The molecule has 45 heavy (non-hydrogen) atoms. The van der Waals surface area contributed by atoms with Crippen molar-refractivity contribution >= 4 is 27.7 Å². The minimum atomic E-state index is -3.77. The lowest BCUT2D eigenvalue weighted by atomic mass is 10.0. The summed E-state index contributed by atoms with van der Waals surface area (Å²) in [7, 11) is -3.77. The highest BCUT2D eigenvalue weighted by Crippen LogP contribution is 2.41. The fraction of sp³-hybridized carbons (Fsp3) is 0.581. The molecule has 11 nitrogen and oxygen atoms in total. The number of sulfonamides is 1. The first-order valence-corrected chi connectivity index (χ1v) is 17.1. The minimum Gasteiger partial charge on any atom is -0.484 e. The molecule has 1 aliphatic heterocycles. The highest BCUT2D eigenvalue weighted by molar-refractivity contribution is 7.89. The predicted octanol–water partition coefficient (Wildman–Crippen LogP) is 3.78. The molecule has 2 aliphatic rings. The van der Waals surface area contributed by atoms with Crippen molar-refractivity contribution in [3.63, 3.8) is 0 Å². The van der Waals surface area contributed by atoms with Crippen LogP contribution in [0.5, 0.6) is 5.75 Å². The Morgan fingerprint density at radius 3 is 2.51 bits per heavy atom. The van der Waals surface area contributed by atoms with Crippen molar-refractivity contribution in [3.05, 3.63) is 58.4 Å². The molecular weight excluding hydrogens is 627 g/mol. The molecule has 4 N–H and O–H groups in total. The van der Waals surface area contributed by atoms with Crippen molar-refractivity contribution in [2.45, 2.75) is 68.7 Å². The van der Waals surface area contributed by atoms with Gasteiger partial charge in [0.1, 0.15) is 23.3 Å². The number of nitrogens with one attached hydrogen (secondary N) is 2. The van der Waals surface area contributed by atoms with Crippen molar-refractivity contribution in [2.75, 3.05) is 52.6 Å². The Balaban J connectivity index is 1.42. The van der Waals surface area contributed by atoms with Crippen molar-refractivity contribution in [3.8, 4) is 5.75 Å². The van der Waals surface area contributed by atoms with Gasteiger partial charge in [0.15, 0.2) is 0 Å². The first-order chi connectivity index (χ1) is 21.4. The number of rotatable bonds is 14. The molecule has 0 bridgehead atoms. The average molecular weight is 671 g/mol. The number of hydrogen-bond acceptors (Lipinski definition) is 9. The summed E-state index contributed by atoms with van der Waals surface area (Å²) in [6.07, 6.45) is 0.982. The molecular formula is C31H44ClFN4O7S. The Labute approximate surface area is 269 Å². The van der Waals surface area contributed by atoms with Gasteiger partial charge in [0.05, 0.1) is 37.4 Å². The normalized spacial score (nSPS) is 20.5. The summed E-state index contributed by atoms with van der Waals surface area (Å²) < 4.78 is 65.7. The predicted molar refractivity (Wildman–Crippen MR) is 169 cm³/mol. The maximum atomic E-state index is 15.1. The van der Waals surface area contributed by atoms with E-state index in [-0.39, 0.29) is 35.2 Å². The quantitative estimate of drug-likeness (QED) is 0.256. The van der Waals surface area contributed by atoms with E-state index in [2.05, 4.69) is 14.9 Å². The summed E-state index contributed by atoms with van der Waals surface area (Å²) in [5.74, 6) is 0.0343. The van der Waals surface area contributed by atoms with Crippen LogP contribution in [-0.2, 0) is 30.7 Å². The van der Waals surface area contributed by atoms with E-state index >= 15 is 4.39 Å². The van der Waals surface area contributed by atoms with E-state index in [0.29, 0.717) is 56.2 Å². The molecule has 14 heteroatoms. The second-order valence-electron chi connectivity index (χ2n) is 12.1. The van der Waals surface area contributed by atoms with E-state index < -0.39 is 33.6 Å². The molecule has 1 aliphatic carbocycles. The van der Waals surface area contributed by atoms with Crippen LogP contribution in [0.25, 0.3) is 0 Å². The third-order valence-corrected chi connectivity index (χ3v) is 9.17. The molecule has 0 aromatic heterocycles. The minimum absolute atomic E-state index is 0.0747. The smallest absolute Gasteiger partial charge is 0.407 e. The Morgan fingerprint density at radius 1 is 1.11 bits per heavy atom. The summed E-state index contributed by atoms with van der Waals surface area (Å²) in [6.45, 7) is 8.62. The van der Waals surface area contributed by atoms with Gasteiger partial charge in [-0.05, 0) is 88.5 Å². The number of amides is 1. The molecule has 1 saturated heterocycles. The fourth-order valence-electron chi connectivity index (χ4n) is 5.56. The topological polar surface area (TPSA) is 141 Å². The number of nitrogens with zero attached hydrogens (tertiary/aromatic N) is 1. The first-order valence-electron chi connectivity index (χ1n) is 15.2. The molecule has 0 radical (unpaired) electrons. The summed E-state index contributed by atoms with van der Waals surface area (Å²) in [5, 5.41) is 3.23. The number of ether oxygens (including phenoxy) is 4. The number of alkyl carbamates (subject to hydrolysis) is 1. The fourth-order valence-corrected chi connectivity index (χ4v) is 6.79. The second-order valence-corrected chi connectivity index (χ2v) is 14.3. The molecule has 0 saturated carbocycles. The SMILES string of the molecule is CC(C)(C)OC(=O)N[C@@H]1CCCN([C@H]2Cc3c(F)cc(Cl)cc3[C@@H]2Oc2ccc(S(=O)(=O)NCCOCCOCCN)cc2)C1. The third kappa shape index (κ3) is 10.2. The number of hydrogen-bond donors (Lipinski definition) is 3. The van der Waals surface area contributed by atoms with Gasteiger partial charge in [-0.1, -0.05) is 11.6 Å². The number of carbonyl (C=O) groups is 1. The maximum Gasteiger partial charge on any atom is 0.407 e. The first kappa shape index (κ1) is 35.3. The number of likely N-dealkylation sites (tertiary alicyclic amines) is 1. The molecule has 1 heterocycles. The zero-order valence-corrected chi connectivity index (χ0v) is 27.6. The molecule has 0 unspecified atom stereocenters. The van der Waals surface area contributed by atoms with Crippen molar-refractivity contribution < 1.29 is 36.6 Å². The van der Waals surface area contributed by atoms with Gasteiger partial charge in [-0.2, -0.15) is 0 Å². The van der Waals surface area contributed by atoms with E-state index in [4.69, 9.17) is 36.3 Å². The molecule has 2 aromatic carbocycles. The number of carbonyl (C=O) groups excluding carboxylic acids is 1. The van der Waals surface area contributed by atoms with Gasteiger partial charge < -0.3 is 30.0 Å². The van der Waals surface area contributed by atoms with Crippen LogP contribution in [0.1, 0.15) is 50.8 Å². The van der Waals surface area contributed by atoms with Gasteiger partial charge in [-0.25, -0.2) is 22.3 Å². The van der Waals surface area contributed by atoms with Crippen LogP contribution in [0.4, 0.5) is 9.18 Å². The molecule has 2 aromatic rings. The molecule has 4 rings (SSSR count). The van der Waals surface area contributed by atoms with Crippen LogP contribution in [0.15, 0.2) is 41.3 Å². The lowest BCUT2D eigenvalue weighted by Gasteiger charge is -2.39. The van der Waals surface area contributed by atoms with E-state index in [1.54, 1.807) is 18.2 Å². The van der Waals surface area contributed by atoms with Gasteiger partial charge >= 0.3 is 6.09 Å². The maximum absolute atomic E-state index is 15.1. The number of halogens is 2. The standard InChI is InChI=1S/C31H44ClFN4O7S/c1-31(2,3)44-30(38)36-22-5-4-12-37(20-22)28-19-25-26(17-21(32)18-27(25)33)29(28)43-23-6-8-24(9-7-23)45(39,40)35-11-14-42-16-15-41-13-10-34/h6-9,17-18,22,28-29,35H,4-5,10-16,19-20,34H2,1-3H3,(H,36,38)/t22-,28+,29+/m1/s1. The average Bonchev–Trinajstić information content (AvgIpc) is 3.32. The number of fused-ring (bicyclic) bond motifs is 1. The van der Waals surface area contributed by atoms with Gasteiger partial charge in [-0.15, -0.1) is 0 Å². The van der Waals surface area contributed by atoms with Crippen LogP contribution >= 0.6 is 11.6 Å². The lowest BCUT2D eigenvalue weighted by molar-refractivity contribution is 0.0361. The van der Waals surface area contributed by atoms with Crippen molar-refractivity contribution in [1.82, 2.24) is 14.9 Å². The van der Waals surface area contributed by atoms with Gasteiger partial charge in [-0.3, -0.25) is 4.90 Å². The van der Waals surface area contributed by atoms with E-state index in [0.717, 1.165) is 19.4 Å². The third-order valence-electron chi connectivity index (χ3n) is 7.48. The molecule has 1 amide bonds. The lowest BCUT2D eigenvalue weighted by Crippen LogP contribution is -2.53. The molecule has 3 atom stereocenters. The second kappa shape index (κ2) is 15.9. The highest BCUT2D eigenvalue weighted by Gasteiger charge is 2.41. The zero-order valence-electron chi connectivity index (χ0n) is 26.0. The summed E-state index contributed by atoms with van der Waals surface area (Å²) in [4.78, 5) is 14.7. The number of piperidine rings is 1. The molecule has 1 fully saturated rings. The van der Waals surface area contributed by atoms with Gasteiger partial charge in [0, 0.05) is 36.3 Å². The largest absolute Gasteiger partial charge is 0.484 e. The Bertz CT molecular complexity index is 1390. The van der Waals surface area contributed by atoms with Crippen molar-refractivity contribution in [1.29, 1.82) is 0 Å². The molecule has 0 spiro atoms. The summed E-state index contributed by atoms with van der Waals surface area (Å²) in [6, 6.07) is 8.74. The Kier molecular flexibility index (Phi) is 12.4. The van der Waals surface area contributed by atoms with E-state index in [1.807, 2.05) is 20.8 Å². The van der Waals surface area contributed by atoms with Crippen LogP contribution in [-0.4, -0.2) is 89.7 Å². The van der Waals surface area contributed by atoms with Crippen LogP contribution < -0.4 is 20.5 Å². The van der Waals surface area contributed by atoms with Crippen molar-refractivity contribution in [2.24, 2.45) is 5.73 Å². The molecule has 250 valence electrons. The van der Waals surface area contributed by atoms with Gasteiger partial charge in [0.25, 0.3) is 0 Å². The number of nitrogens with two attached hydrogens (primary N) is 1. The highest BCUT2D eigenvalue weighted by atomic mass is 35.5. The van der Waals surface area contributed by atoms with Crippen LogP contribution in [0.3, 0.4) is 0 Å². The summed E-state index contributed by atoms with van der Waals surface area (Å²) in [5.41, 5.74) is 5.93.